The van der Waals surface area contributed by atoms with Crippen molar-refractivity contribution in [3.05, 3.63) is 82.9 Å². The number of ether oxygens (including phenoxy) is 1. The molecule has 0 aliphatic carbocycles. The van der Waals surface area contributed by atoms with Crippen LogP contribution < -0.4 is 4.74 Å². The summed E-state index contributed by atoms with van der Waals surface area (Å²) in [4.78, 5) is 3.36. The quantitative estimate of drug-likeness (QED) is 0.226. The lowest BCUT2D eigenvalue weighted by Crippen LogP contribution is -1.93. The van der Waals surface area contributed by atoms with Crippen molar-refractivity contribution >= 4 is 23.1 Å². The summed E-state index contributed by atoms with van der Waals surface area (Å²) in [5.74, 6) is 1.74. The molecule has 0 aliphatic heterocycles. The van der Waals surface area contributed by atoms with Gasteiger partial charge in [-0.1, -0.05) is 24.0 Å². The molecule has 0 heterocycles. The number of hydrogen-bond acceptors (Lipinski definition) is 3. The molecule has 0 atom stereocenters. The predicted octanol–water partition coefficient (Wildman–Crippen LogP) is 6.05. The number of thiocarbonyl (C=S) groups is 1. The minimum Gasteiger partial charge on any atom is -0.497 e. The van der Waals surface area contributed by atoms with E-state index >= 15 is 0 Å². The van der Waals surface area contributed by atoms with E-state index in [0.717, 1.165) is 24.3 Å². The largest absolute Gasteiger partial charge is 0.497 e. The Bertz CT molecular complexity index is 1140. The smallest absolute Gasteiger partial charge is 0.153 e. The number of halogens is 4. The minimum atomic E-state index is -0.869. The second-order valence-electron chi connectivity index (χ2n) is 5.78. The van der Waals surface area contributed by atoms with Crippen molar-refractivity contribution in [2.24, 2.45) is 4.99 Å². The molecule has 0 bridgehead atoms. The molecule has 0 aromatic heterocycles. The van der Waals surface area contributed by atoms with Crippen molar-refractivity contribution in [1.29, 1.82) is 0 Å². The number of aliphatic imine (C=N–C) groups is 1. The first-order valence-corrected chi connectivity index (χ1v) is 8.56. The summed E-state index contributed by atoms with van der Waals surface area (Å²) in [5, 5.41) is 1.93. The minimum absolute atomic E-state index is 0.0525. The lowest BCUT2D eigenvalue weighted by Gasteiger charge is -2.05. The zero-order chi connectivity index (χ0) is 21.0. The van der Waals surface area contributed by atoms with E-state index in [0.29, 0.717) is 11.1 Å². The molecule has 3 aromatic rings. The van der Waals surface area contributed by atoms with E-state index in [1.54, 1.807) is 24.3 Å². The number of rotatable bonds is 3. The molecule has 0 fully saturated rings. The average molecular weight is 413 g/mol. The van der Waals surface area contributed by atoms with Gasteiger partial charge in [0, 0.05) is 17.7 Å². The lowest BCUT2D eigenvalue weighted by atomic mass is 10.0. The van der Waals surface area contributed by atoms with Crippen LogP contribution in [-0.4, -0.2) is 12.3 Å². The standard InChI is InChI=1S/C22H11F4NOS/c1-28-16-10-18(23)17(19(24)11-16)7-4-13-2-5-14(6-3-13)15-8-20(25)22(27-12-29)21(26)9-15/h2-3,5-6,8-11H,1H3. The summed E-state index contributed by atoms with van der Waals surface area (Å²) in [6.07, 6.45) is 0. The first kappa shape index (κ1) is 20.3. The first-order chi connectivity index (χ1) is 13.9. The highest BCUT2D eigenvalue weighted by Gasteiger charge is 2.12. The van der Waals surface area contributed by atoms with Crippen LogP contribution in [0.5, 0.6) is 5.75 Å². The molecule has 2 nitrogen and oxygen atoms in total. The van der Waals surface area contributed by atoms with Gasteiger partial charge < -0.3 is 4.74 Å². The molecule has 0 aliphatic rings. The molecule has 0 spiro atoms. The van der Waals surface area contributed by atoms with E-state index in [4.69, 9.17) is 4.74 Å². The molecule has 3 rings (SSSR count). The molecule has 0 N–H and O–H groups in total. The maximum Gasteiger partial charge on any atom is 0.153 e. The topological polar surface area (TPSA) is 21.6 Å². The molecular weight excluding hydrogens is 402 g/mol. The maximum atomic E-state index is 14.0. The van der Waals surface area contributed by atoms with E-state index in [1.165, 1.54) is 7.11 Å². The van der Waals surface area contributed by atoms with Crippen molar-refractivity contribution in [3.63, 3.8) is 0 Å². The molecule has 7 heteroatoms. The van der Waals surface area contributed by atoms with Crippen molar-refractivity contribution in [2.45, 2.75) is 0 Å². The summed E-state index contributed by atoms with van der Waals surface area (Å²) in [7, 11) is 1.30. The molecule has 0 unspecified atom stereocenters. The van der Waals surface area contributed by atoms with E-state index in [-0.39, 0.29) is 16.9 Å². The third-order valence-corrected chi connectivity index (χ3v) is 4.07. The summed E-state index contributed by atoms with van der Waals surface area (Å²) in [5.41, 5.74) is 0.387. The number of nitrogens with zero attached hydrogens (tertiary/aromatic N) is 1. The maximum absolute atomic E-state index is 14.0. The Labute approximate surface area is 169 Å². The van der Waals surface area contributed by atoms with Crippen LogP contribution in [0.2, 0.25) is 0 Å². The first-order valence-electron chi connectivity index (χ1n) is 8.15. The Morgan fingerprint density at radius 1 is 0.793 bits per heavy atom. The summed E-state index contributed by atoms with van der Waals surface area (Å²) in [6.45, 7) is 0. The van der Waals surface area contributed by atoms with Gasteiger partial charge in [0.05, 0.1) is 17.8 Å². The van der Waals surface area contributed by atoms with Gasteiger partial charge in [-0.3, -0.25) is 0 Å². The fraction of sp³-hybridized carbons (Fsp3) is 0.0455. The molecule has 0 saturated heterocycles. The Hall–Kier alpha value is -3.46. The SMILES string of the molecule is COc1cc(F)c(C#Cc2ccc(-c3cc(F)c(N=C=S)c(F)c3)cc2)c(F)c1. The van der Waals surface area contributed by atoms with Gasteiger partial charge in [0.15, 0.2) is 11.6 Å². The van der Waals surface area contributed by atoms with Crippen LogP contribution in [0.25, 0.3) is 11.1 Å². The normalized spacial score (nSPS) is 9.97. The van der Waals surface area contributed by atoms with Crippen LogP contribution in [0.1, 0.15) is 11.1 Å². The fourth-order valence-corrected chi connectivity index (χ4v) is 2.64. The third kappa shape index (κ3) is 4.52. The van der Waals surface area contributed by atoms with Crippen LogP contribution >= 0.6 is 12.2 Å². The highest BCUT2D eigenvalue weighted by Crippen LogP contribution is 2.29. The van der Waals surface area contributed by atoms with Gasteiger partial charge >= 0.3 is 0 Å². The second-order valence-corrected chi connectivity index (χ2v) is 5.97. The Balaban J connectivity index is 1.90. The van der Waals surface area contributed by atoms with Gasteiger partial charge in [-0.2, -0.15) is 4.99 Å². The van der Waals surface area contributed by atoms with E-state index in [2.05, 4.69) is 29.1 Å². The number of hydrogen-bond donors (Lipinski definition) is 0. The van der Waals surface area contributed by atoms with Crippen molar-refractivity contribution < 1.29 is 22.3 Å². The zero-order valence-electron chi connectivity index (χ0n) is 14.9. The Kier molecular flexibility index (Phi) is 6.08. The van der Waals surface area contributed by atoms with Crippen LogP contribution in [0.4, 0.5) is 23.2 Å². The monoisotopic (exact) mass is 413 g/mol. The number of benzene rings is 3. The average Bonchev–Trinajstić information content (AvgIpc) is 2.70. The van der Waals surface area contributed by atoms with Gasteiger partial charge in [0.1, 0.15) is 23.1 Å². The predicted molar refractivity (Wildman–Crippen MR) is 105 cm³/mol. The molecule has 0 saturated carbocycles. The van der Waals surface area contributed by atoms with E-state index in [1.807, 2.05) is 5.16 Å². The molecule has 29 heavy (non-hydrogen) atoms. The van der Waals surface area contributed by atoms with E-state index in [9.17, 15) is 17.6 Å². The summed E-state index contributed by atoms with van der Waals surface area (Å²) in [6, 6.07) is 10.6. The molecule has 0 amide bonds. The van der Waals surface area contributed by atoms with Gasteiger partial charge in [-0.05, 0) is 47.6 Å². The number of methoxy groups -OCH3 is 1. The highest BCUT2D eigenvalue weighted by molar-refractivity contribution is 7.78. The van der Waals surface area contributed by atoms with Crippen molar-refractivity contribution in [1.82, 2.24) is 0 Å². The van der Waals surface area contributed by atoms with Gasteiger partial charge in [0.2, 0.25) is 0 Å². The molecule has 0 radical (unpaired) electrons. The molecule has 3 aromatic carbocycles. The van der Waals surface area contributed by atoms with Gasteiger partial charge in [-0.25, -0.2) is 17.6 Å². The van der Waals surface area contributed by atoms with Crippen LogP contribution in [0.3, 0.4) is 0 Å². The van der Waals surface area contributed by atoms with Crippen LogP contribution in [-0.2, 0) is 0 Å². The summed E-state index contributed by atoms with van der Waals surface area (Å²) < 4.78 is 60.6. The summed E-state index contributed by atoms with van der Waals surface area (Å²) >= 11 is 4.37. The van der Waals surface area contributed by atoms with E-state index < -0.39 is 29.0 Å². The Morgan fingerprint density at radius 3 is 1.90 bits per heavy atom. The van der Waals surface area contributed by atoms with Gasteiger partial charge in [-0.15, -0.1) is 0 Å². The second kappa shape index (κ2) is 8.70. The van der Waals surface area contributed by atoms with Gasteiger partial charge in [0.25, 0.3) is 0 Å². The third-order valence-electron chi connectivity index (χ3n) is 3.98. The van der Waals surface area contributed by atoms with Crippen LogP contribution in [0.15, 0.2) is 53.5 Å². The molecule has 144 valence electrons. The van der Waals surface area contributed by atoms with Crippen molar-refractivity contribution in [3.8, 4) is 28.7 Å². The molecular formula is C22H11F4NOS. The lowest BCUT2D eigenvalue weighted by molar-refractivity contribution is 0.406. The highest BCUT2D eigenvalue weighted by atomic mass is 32.1. The van der Waals surface area contributed by atoms with Crippen molar-refractivity contribution in [2.75, 3.05) is 7.11 Å². The Morgan fingerprint density at radius 2 is 1.38 bits per heavy atom. The number of isothiocyanates is 1. The fourth-order valence-electron chi connectivity index (χ4n) is 2.55. The van der Waals surface area contributed by atoms with Crippen LogP contribution in [0, 0.1) is 35.1 Å². The zero-order valence-corrected chi connectivity index (χ0v) is 15.7.